The molecule has 1 N–H and O–H groups in total. The highest BCUT2D eigenvalue weighted by Crippen LogP contribution is 2.23. The van der Waals surface area contributed by atoms with Crippen LogP contribution >= 0.6 is 15.9 Å². The van der Waals surface area contributed by atoms with Gasteiger partial charge in [0.1, 0.15) is 11.6 Å². The molecule has 2 aromatic rings. The van der Waals surface area contributed by atoms with E-state index in [1.807, 2.05) is 0 Å². The van der Waals surface area contributed by atoms with Crippen molar-refractivity contribution >= 4 is 15.9 Å². The van der Waals surface area contributed by atoms with Crippen LogP contribution in [0.1, 0.15) is 11.1 Å². The molecule has 0 amide bonds. The van der Waals surface area contributed by atoms with E-state index in [1.54, 1.807) is 18.2 Å². The summed E-state index contributed by atoms with van der Waals surface area (Å²) in [5.41, 5.74) is 1.78. The van der Waals surface area contributed by atoms with Crippen LogP contribution in [0.4, 0.5) is 8.78 Å². The molecule has 1 nitrogen and oxygen atoms in total. The van der Waals surface area contributed by atoms with Crippen LogP contribution in [-0.4, -0.2) is 11.7 Å². The first-order valence-electron chi connectivity index (χ1n) is 6.37. The molecular formula is C16H15BrF2O. The van der Waals surface area contributed by atoms with Crippen LogP contribution in [0.3, 0.4) is 0 Å². The Balaban J connectivity index is 2.08. The predicted molar refractivity (Wildman–Crippen MR) is 78.5 cm³/mol. The van der Waals surface area contributed by atoms with E-state index in [1.165, 1.54) is 24.3 Å². The van der Waals surface area contributed by atoms with E-state index >= 15 is 0 Å². The number of benzene rings is 2. The van der Waals surface area contributed by atoms with E-state index in [0.717, 1.165) is 15.6 Å². The van der Waals surface area contributed by atoms with E-state index in [2.05, 4.69) is 15.9 Å². The number of rotatable bonds is 5. The van der Waals surface area contributed by atoms with Crippen LogP contribution in [0.15, 0.2) is 46.9 Å². The fourth-order valence-electron chi connectivity index (χ4n) is 2.17. The van der Waals surface area contributed by atoms with Gasteiger partial charge in [-0.2, -0.15) is 0 Å². The number of aliphatic hydroxyl groups excluding tert-OH is 1. The van der Waals surface area contributed by atoms with Gasteiger partial charge in [-0.05, 0) is 60.2 Å². The number of halogens is 3. The highest BCUT2D eigenvalue weighted by molar-refractivity contribution is 9.10. The fourth-order valence-corrected chi connectivity index (χ4v) is 2.57. The molecule has 0 aliphatic rings. The van der Waals surface area contributed by atoms with Crippen molar-refractivity contribution < 1.29 is 13.9 Å². The van der Waals surface area contributed by atoms with Gasteiger partial charge < -0.3 is 5.11 Å². The third-order valence-corrected chi connectivity index (χ3v) is 3.99. The second-order valence-corrected chi connectivity index (χ2v) is 5.67. The summed E-state index contributed by atoms with van der Waals surface area (Å²) in [5, 5.41) is 9.48. The lowest BCUT2D eigenvalue weighted by molar-refractivity contribution is 0.224. The average molecular weight is 341 g/mol. The van der Waals surface area contributed by atoms with Gasteiger partial charge in [-0.25, -0.2) is 8.78 Å². The molecule has 0 bridgehead atoms. The molecule has 0 fully saturated rings. The van der Waals surface area contributed by atoms with Crippen molar-refractivity contribution in [1.29, 1.82) is 0 Å². The summed E-state index contributed by atoms with van der Waals surface area (Å²) in [7, 11) is 0. The Bertz CT molecular complexity index is 569. The molecule has 20 heavy (non-hydrogen) atoms. The molecule has 2 aromatic carbocycles. The number of aliphatic hydroxyl groups is 1. The molecule has 0 radical (unpaired) electrons. The molecule has 1 atom stereocenters. The highest BCUT2D eigenvalue weighted by atomic mass is 79.9. The molecule has 0 aromatic heterocycles. The second-order valence-electron chi connectivity index (χ2n) is 4.82. The maximum Gasteiger partial charge on any atom is 0.123 e. The standard InChI is InChI=1S/C16H15BrF2O/c17-16-6-5-15(19)9-13(16)8-12(10-20)7-11-1-3-14(18)4-2-11/h1-6,9,12,20H,7-8,10H2. The Morgan fingerprint density at radius 3 is 2.25 bits per heavy atom. The molecule has 0 saturated carbocycles. The van der Waals surface area contributed by atoms with Gasteiger partial charge in [0.05, 0.1) is 0 Å². The molecule has 4 heteroatoms. The van der Waals surface area contributed by atoms with Gasteiger partial charge in [0.25, 0.3) is 0 Å². The summed E-state index contributed by atoms with van der Waals surface area (Å²) in [6.07, 6.45) is 1.19. The molecule has 1 unspecified atom stereocenters. The lowest BCUT2D eigenvalue weighted by Gasteiger charge is -2.15. The van der Waals surface area contributed by atoms with Crippen molar-refractivity contribution in [3.63, 3.8) is 0 Å². The zero-order valence-corrected chi connectivity index (χ0v) is 12.4. The summed E-state index contributed by atoms with van der Waals surface area (Å²) in [4.78, 5) is 0. The quantitative estimate of drug-likeness (QED) is 0.867. The normalized spacial score (nSPS) is 12.4. The third kappa shape index (κ3) is 4.12. The van der Waals surface area contributed by atoms with Crippen molar-refractivity contribution in [3.8, 4) is 0 Å². The van der Waals surface area contributed by atoms with Crippen molar-refractivity contribution in [1.82, 2.24) is 0 Å². The monoisotopic (exact) mass is 340 g/mol. The predicted octanol–water partition coefficient (Wildman–Crippen LogP) is 4.12. The largest absolute Gasteiger partial charge is 0.396 e. The first-order valence-corrected chi connectivity index (χ1v) is 7.17. The van der Waals surface area contributed by atoms with Gasteiger partial charge in [0.2, 0.25) is 0 Å². The SMILES string of the molecule is OCC(Cc1ccc(F)cc1)Cc1cc(F)ccc1Br. The van der Waals surface area contributed by atoms with Gasteiger partial charge in [-0.3, -0.25) is 0 Å². The Kier molecular flexibility index (Phi) is 5.26. The van der Waals surface area contributed by atoms with Crippen LogP contribution in [0, 0.1) is 17.6 Å². The van der Waals surface area contributed by atoms with E-state index < -0.39 is 0 Å². The van der Waals surface area contributed by atoms with Crippen molar-refractivity contribution in [2.24, 2.45) is 5.92 Å². The van der Waals surface area contributed by atoms with Gasteiger partial charge in [-0.1, -0.05) is 28.1 Å². The van der Waals surface area contributed by atoms with Crippen LogP contribution < -0.4 is 0 Å². The van der Waals surface area contributed by atoms with Gasteiger partial charge in [0.15, 0.2) is 0 Å². The minimum Gasteiger partial charge on any atom is -0.396 e. The minimum absolute atomic E-state index is 0.000327. The third-order valence-electron chi connectivity index (χ3n) is 3.21. The first kappa shape index (κ1) is 15.1. The van der Waals surface area contributed by atoms with Gasteiger partial charge in [-0.15, -0.1) is 0 Å². The maximum atomic E-state index is 13.2. The summed E-state index contributed by atoms with van der Waals surface area (Å²) in [6.45, 7) is 0.000327. The lowest BCUT2D eigenvalue weighted by Crippen LogP contribution is -2.13. The molecule has 2 rings (SSSR count). The van der Waals surface area contributed by atoms with E-state index in [4.69, 9.17) is 0 Å². The molecule has 0 saturated heterocycles. The Morgan fingerprint density at radius 2 is 1.60 bits per heavy atom. The molecular weight excluding hydrogens is 326 g/mol. The fraction of sp³-hybridized carbons (Fsp3) is 0.250. The molecule has 106 valence electrons. The summed E-state index contributed by atoms with van der Waals surface area (Å²) < 4.78 is 26.9. The minimum atomic E-state index is -0.290. The van der Waals surface area contributed by atoms with E-state index in [-0.39, 0.29) is 24.2 Å². The topological polar surface area (TPSA) is 20.2 Å². The summed E-state index contributed by atoms with van der Waals surface area (Å²) >= 11 is 3.39. The Labute approximate surface area is 125 Å². The maximum absolute atomic E-state index is 13.2. The molecule has 0 aliphatic heterocycles. The second kappa shape index (κ2) is 6.95. The van der Waals surface area contributed by atoms with Crippen molar-refractivity contribution in [3.05, 3.63) is 69.7 Å². The van der Waals surface area contributed by atoms with Gasteiger partial charge >= 0.3 is 0 Å². The zero-order valence-electron chi connectivity index (χ0n) is 10.8. The van der Waals surface area contributed by atoms with Crippen LogP contribution in [-0.2, 0) is 12.8 Å². The first-order chi connectivity index (χ1) is 9.58. The summed E-state index contributed by atoms with van der Waals surface area (Å²) in [6, 6.07) is 10.7. The molecule has 0 heterocycles. The van der Waals surface area contributed by atoms with Crippen LogP contribution in [0.5, 0.6) is 0 Å². The van der Waals surface area contributed by atoms with Crippen LogP contribution in [0.25, 0.3) is 0 Å². The number of hydrogen-bond donors (Lipinski definition) is 1. The Hall–Kier alpha value is -1.26. The smallest absolute Gasteiger partial charge is 0.123 e. The Morgan fingerprint density at radius 1 is 0.950 bits per heavy atom. The number of hydrogen-bond acceptors (Lipinski definition) is 1. The summed E-state index contributed by atoms with van der Waals surface area (Å²) in [5.74, 6) is -0.595. The van der Waals surface area contributed by atoms with Crippen molar-refractivity contribution in [2.75, 3.05) is 6.61 Å². The zero-order chi connectivity index (χ0) is 14.5. The average Bonchev–Trinajstić information content (AvgIpc) is 2.44. The van der Waals surface area contributed by atoms with Gasteiger partial charge in [0, 0.05) is 11.1 Å². The van der Waals surface area contributed by atoms with Crippen molar-refractivity contribution in [2.45, 2.75) is 12.8 Å². The van der Waals surface area contributed by atoms with E-state index in [9.17, 15) is 13.9 Å². The van der Waals surface area contributed by atoms with Crippen LogP contribution in [0.2, 0.25) is 0 Å². The lowest BCUT2D eigenvalue weighted by atomic mass is 9.93. The molecule has 0 aliphatic carbocycles. The highest BCUT2D eigenvalue weighted by Gasteiger charge is 2.12. The van der Waals surface area contributed by atoms with E-state index in [0.29, 0.717) is 12.8 Å². The molecule has 0 spiro atoms.